The highest BCUT2D eigenvalue weighted by atomic mass is 35.5. The van der Waals surface area contributed by atoms with Crippen molar-refractivity contribution in [2.45, 2.75) is 43.9 Å². The Hall–Kier alpha value is -2.88. The van der Waals surface area contributed by atoms with Crippen LogP contribution < -0.4 is 0 Å². The van der Waals surface area contributed by atoms with Crippen LogP contribution in [-0.4, -0.2) is 39.1 Å². The molecular weight excluding hydrogens is 503 g/mol. The number of fused-ring (bicyclic) bond motifs is 1. The fraction of sp³-hybridized carbons (Fsp3) is 0.346. The lowest BCUT2D eigenvalue weighted by molar-refractivity contribution is 0.159. The minimum Gasteiger partial charge on any atom is -0.396 e. The van der Waals surface area contributed by atoms with Crippen LogP contribution in [0.3, 0.4) is 0 Å². The average molecular weight is 529 g/mol. The number of aryl methyl sites for hydroxylation is 1. The van der Waals surface area contributed by atoms with Crippen molar-refractivity contribution in [1.29, 1.82) is 0 Å². The van der Waals surface area contributed by atoms with Gasteiger partial charge < -0.3 is 5.11 Å². The fourth-order valence-electron chi connectivity index (χ4n) is 4.94. The largest absolute Gasteiger partial charge is 0.396 e. The van der Waals surface area contributed by atoms with E-state index in [-0.39, 0.29) is 40.5 Å². The lowest BCUT2D eigenvalue weighted by atomic mass is 9.79. The summed E-state index contributed by atoms with van der Waals surface area (Å²) in [5.74, 6) is 0.142. The van der Waals surface area contributed by atoms with Crippen molar-refractivity contribution in [3.63, 3.8) is 0 Å². The Morgan fingerprint density at radius 1 is 1.14 bits per heavy atom. The van der Waals surface area contributed by atoms with Crippen molar-refractivity contribution < 1.29 is 17.9 Å². The Kier molecular flexibility index (Phi) is 6.80. The van der Waals surface area contributed by atoms with Crippen molar-refractivity contribution in [3.05, 3.63) is 71.0 Å². The standard InChI is InChI=1S/C26H26ClFN4O3S/c1-16-5-7-20(8-6-16)36(34,35)32-14-22(21-11-19(27)12-30-26(21)32)25-29-13-23(28)24(31-25)10-17-3-2-4-18(9-17)15-33/h5-8,11-14,17-18,33H,2-4,9-10,15H2,1H3/t17-,18+/m1/s1. The van der Waals surface area contributed by atoms with Gasteiger partial charge in [-0.15, -0.1) is 0 Å². The van der Waals surface area contributed by atoms with Gasteiger partial charge in [-0.2, -0.15) is 0 Å². The molecule has 0 bridgehead atoms. The molecule has 3 heterocycles. The number of aromatic nitrogens is 4. The summed E-state index contributed by atoms with van der Waals surface area (Å²) >= 11 is 6.21. The van der Waals surface area contributed by atoms with E-state index >= 15 is 0 Å². The SMILES string of the molecule is Cc1ccc(S(=O)(=O)n2cc(-c3ncc(F)c(C[C@@H]4CCC[C@H](CO)C4)n3)c3cc(Cl)cnc32)cc1. The van der Waals surface area contributed by atoms with Crippen LogP contribution >= 0.6 is 11.6 Å². The third-order valence-corrected chi connectivity index (χ3v) is 8.72. The summed E-state index contributed by atoms with van der Waals surface area (Å²) in [5, 5.41) is 10.3. The minimum absolute atomic E-state index is 0.116. The number of halogens is 2. The van der Waals surface area contributed by atoms with E-state index in [1.54, 1.807) is 30.3 Å². The number of hydrogen-bond donors (Lipinski definition) is 1. The van der Waals surface area contributed by atoms with Crippen molar-refractivity contribution in [2.75, 3.05) is 6.61 Å². The molecule has 4 aromatic rings. The van der Waals surface area contributed by atoms with Crippen LogP contribution in [0.1, 0.15) is 36.9 Å². The molecule has 36 heavy (non-hydrogen) atoms. The van der Waals surface area contributed by atoms with Gasteiger partial charge in [0.05, 0.1) is 21.8 Å². The van der Waals surface area contributed by atoms with Gasteiger partial charge in [-0.1, -0.05) is 42.1 Å². The Morgan fingerprint density at radius 3 is 2.64 bits per heavy atom. The Bertz CT molecular complexity index is 1520. The van der Waals surface area contributed by atoms with Gasteiger partial charge in [0, 0.05) is 30.0 Å². The monoisotopic (exact) mass is 528 g/mol. The van der Waals surface area contributed by atoms with Crippen LogP contribution in [-0.2, 0) is 16.4 Å². The van der Waals surface area contributed by atoms with Crippen LogP contribution in [0.5, 0.6) is 0 Å². The second kappa shape index (κ2) is 9.88. The number of hydrogen-bond acceptors (Lipinski definition) is 6. The summed E-state index contributed by atoms with van der Waals surface area (Å²) in [4.78, 5) is 13.1. The van der Waals surface area contributed by atoms with Crippen LogP contribution in [0, 0.1) is 24.6 Å². The summed E-state index contributed by atoms with van der Waals surface area (Å²) in [6, 6.07) is 8.15. The van der Waals surface area contributed by atoms with Crippen LogP contribution in [0.4, 0.5) is 4.39 Å². The number of aliphatic hydroxyl groups excluding tert-OH is 1. The van der Waals surface area contributed by atoms with E-state index in [0.29, 0.717) is 22.4 Å². The zero-order valence-corrected chi connectivity index (χ0v) is 21.3. The molecule has 0 radical (unpaired) electrons. The molecule has 0 spiro atoms. The van der Waals surface area contributed by atoms with Crippen molar-refractivity contribution in [1.82, 2.24) is 18.9 Å². The van der Waals surface area contributed by atoms with E-state index in [4.69, 9.17) is 11.6 Å². The quantitative estimate of drug-likeness (QED) is 0.370. The topological polar surface area (TPSA) is 98.0 Å². The van der Waals surface area contributed by atoms with Gasteiger partial charge >= 0.3 is 0 Å². The summed E-state index contributed by atoms with van der Waals surface area (Å²) in [6.45, 7) is 2.01. The van der Waals surface area contributed by atoms with E-state index in [1.807, 2.05) is 6.92 Å². The predicted octanol–water partition coefficient (Wildman–Crippen LogP) is 5.17. The molecule has 1 fully saturated rings. The highest BCUT2D eigenvalue weighted by molar-refractivity contribution is 7.90. The second-order valence-electron chi connectivity index (χ2n) is 9.45. The Balaban J connectivity index is 1.59. The molecule has 1 aliphatic rings. The zero-order valence-electron chi connectivity index (χ0n) is 19.7. The van der Waals surface area contributed by atoms with Gasteiger partial charge in [-0.25, -0.2) is 31.7 Å². The molecule has 1 saturated carbocycles. The first-order chi connectivity index (χ1) is 17.3. The molecule has 7 nitrogen and oxygen atoms in total. The first-order valence-corrected chi connectivity index (χ1v) is 13.7. The molecule has 10 heteroatoms. The van der Waals surface area contributed by atoms with Gasteiger partial charge in [-0.3, -0.25) is 0 Å². The molecule has 0 unspecified atom stereocenters. The summed E-state index contributed by atoms with van der Waals surface area (Å²) in [7, 11) is -3.97. The van der Waals surface area contributed by atoms with Crippen LogP contribution in [0.15, 0.2) is 53.8 Å². The molecule has 1 N–H and O–H groups in total. The zero-order chi connectivity index (χ0) is 25.4. The normalized spacial score (nSPS) is 18.6. The van der Waals surface area contributed by atoms with E-state index in [0.717, 1.165) is 41.4 Å². The van der Waals surface area contributed by atoms with Gasteiger partial charge in [0.15, 0.2) is 17.3 Å². The van der Waals surface area contributed by atoms with E-state index in [9.17, 15) is 17.9 Å². The summed E-state index contributed by atoms with van der Waals surface area (Å²) in [6.07, 6.45) is 8.09. The maximum atomic E-state index is 14.7. The molecule has 1 aliphatic carbocycles. The number of benzene rings is 1. The molecule has 0 aliphatic heterocycles. The van der Waals surface area contributed by atoms with Crippen LogP contribution in [0.2, 0.25) is 5.02 Å². The van der Waals surface area contributed by atoms with Gasteiger partial charge in [0.2, 0.25) is 0 Å². The van der Waals surface area contributed by atoms with Crippen LogP contribution in [0.25, 0.3) is 22.4 Å². The lowest BCUT2D eigenvalue weighted by Gasteiger charge is -2.27. The molecule has 188 valence electrons. The third kappa shape index (κ3) is 4.75. The number of pyridine rings is 1. The molecular formula is C26H26ClFN4O3S. The molecule has 0 amide bonds. The Labute approximate surface area is 214 Å². The van der Waals surface area contributed by atoms with E-state index in [2.05, 4.69) is 15.0 Å². The number of rotatable bonds is 6. The van der Waals surface area contributed by atoms with Crippen molar-refractivity contribution in [2.24, 2.45) is 11.8 Å². The van der Waals surface area contributed by atoms with E-state index in [1.165, 1.54) is 12.4 Å². The molecule has 1 aromatic carbocycles. The predicted molar refractivity (Wildman–Crippen MR) is 136 cm³/mol. The highest BCUT2D eigenvalue weighted by Gasteiger charge is 2.26. The Morgan fingerprint density at radius 2 is 1.89 bits per heavy atom. The first-order valence-electron chi connectivity index (χ1n) is 11.9. The second-order valence-corrected chi connectivity index (χ2v) is 11.7. The first kappa shape index (κ1) is 24.8. The lowest BCUT2D eigenvalue weighted by Crippen LogP contribution is -2.20. The number of aliphatic hydroxyl groups is 1. The summed E-state index contributed by atoms with van der Waals surface area (Å²) in [5.41, 5.74) is 1.80. The van der Waals surface area contributed by atoms with E-state index < -0.39 is 15.8 Å². The minimum atomic E-state index is -3.97. The van der Waals surface area contributed by atoms with Crippen molar-refractivity contribution in [3.8, 4) is 11.4 Å². The molecule has 5 rings (SSSR count). The highest BCUT2D eigenvalue weighted by Crippen LogP contribution is 2.34. The molecule has 2 atom stereocenters. The van der Waals surface area contributed by atoms with Crippen molar-refractivity contribution >= 4 is 32.7 Å². The molecule has 0 saturated heterocycles. The average Bonchev–Trinajstić information content (AvgIpc) is 3.25. The maximum Gasteiger partial charge on any atom is 0.269 e. The van der Waals surface area contributed by atoms with Gasteiger partial charge in [0.25, 0.3) is 10.0 Å². The number of nitrogens with zero attached hydrogens (tertiary/aromatic N) is 4. The summed E-state index contributed by atoms with van der Waals surface area (Å²) < 4.78 is 42.8. The maximum absolute atomic E-state index is 14.7. The van der Waals surface area contributed by atoms with Gasteiger partial charge in [0.1, 0.15) is 0 Å². The fourth-order valence-corrected chi connectivity index (χ4v) is 6.42. The van der Waals surface area contributed by atoms with Gasteiger partial charge in [-0.05, 0) is 56.2 Å². The molecule has 3 aromatic heterocycles. The smallest absolute Gasteiger partial charge is 0.269 e. The third-order valence-electron chi connectivity index (χ3n) is 6.85.